The third kappa shape index (κ3) is 1.24. The smallest absolute Gasteiger partial charge is 0.331 e. The lowest BCUT2D eigenvalue weighted by Crippen LogP contribution is -2.46. The summed E-state index contributed by atoms with van der Waals surface area (Å²) in [6.45, 7) is 0.434. The molecule has 1 N–H and O–H groups in total. The van der Waals surface area contributed by atoms with Crippen LogP contribution in [0.1, 0.15) is 6.42 Å². The lowest BCUT2D eigenvalue weighted by Gasteiger charge is -2.28. The van der Waals surface area contributed by atoms with Crippen molar-refractivity contribution in [2.45, 2.75) is 6.42 Å². The Labute approximate surface area is 57.1 Å². The fourth-order valence-corrected chi connectivity index (χ4v) is 0.713. The second-order valence-electron chi connectivity index (χ2n) is 2.03. The van der Waals surface area contributed by atoms with Crippen molar-refractivity contribution in [1.29, 1.82) is 0 Å². The molecule has 1 rings (SSSR count). The fourth-order valence-electron chi connectivity index (χ4n) is 0.713. The summed E-state index contributed by atoms with van der Waals surface area (Å²) >= 11 is 0. The fraction of sp³-hybridized carbons (Fsp3) is 0.600. The van der Waals surface area contributed by atoms with Crippen molar-refractivity contribution in [3.8, 4) is 0 Å². The molecule has 5 heteroatoms. The van der Waals surface area contributed by atoms with Crippen LogP contribution in [0.2, 0.25) is 0 Å². The third-order valence-corrected chi connectivity index (χ3v) is 1.37. The van der Waals surface area contributed by atoms with Crippen molar-refractivity contribution >= 4 is 11.9 Å². The van der Waals surface area contributed by atoms with Gasteiger partial charge in [0.2, 0.25) is 5.91 Å². The van der Waals surface area contributed by atoms with E-state index in [4.69, 9.17) is 5.26 Å². The van der Waals surface area contributed by atoms with Crippen molar-refractivity contribution in [2.24, 2.45) is 0 Å². The van der Waals surface area contributed by atoms with Gasteiger partial charge in [-0.2, -0.15) is 5.26 Å². The molecule has 0 saturated carbocycles. The Kier molecular flexibility index (Phi) is 1.86. The third-order valence-electron chi connectivity index (χ3n) is 1.37. The van der Waals surface area contributed by atoms with E-state index in [-0.39, 0.29) is 12.5 Å². The molecule has 5 nitrogen and oxygen atoms in total. The van der Waals surface area contributed by atoms with Gasteiger partial charge in [0, 0.05) is 13.0 Å². The Bertz CT molecular complexity index is 167. The predicted molar refractivity (Wildman–Crippen MR) is 29.9 cm³/mol. The van der Waals surface area contributed by atoms with Crippen LogP contribution in [0.5, 0.6) is 0 Å². The maximum absolute atomic E-state index is 10.5. The molecule has 1 saturated heterocycles. The van der Waals surface area contributed by atoms with Crippen LogP contribution in [0.3, 0.4) is 0 Å². The summed E-state index contributed by atoms with van der Waals surface area (Å²) in [5.74, 6) is -0.876. The first kappa shape index (κ1) is 7.01. The van der Waals surface area contributed by atoms with Crippen LogP contribution in [-0.2, 0) is 14.5 Å². The van der Waals surface area contributed by atoms with Crippen molar-refractivity contribution in [3.05, 3.63) is 0 Å². The van der Waals surface area contributed by atoms with E-state index in [2.05, 4.69) is 4.89 Å². The van der Waals surface area contributed by atoms with E-state index in [1.54, 1.807) is 0 Å². The first-order chi connectivity index (χ1) is 4.74. The molecule has 0 spiro atoms. The quantitative estimate of drug-likeness (QED) is 0.315. The summed E-state index contributed by atoms with van der Waals surface area (Å²) in [6, 6.07) is 0. The molecule has 1 fully saturated rings. The monoisotopic (exact) mass is 145 g/mol. The average molecular weight is 145 g/mol. The van der Waals surface area contributed by atoms with Crippen LogP contribution in [-0.4, -0.2) is 35.1 Å². The van der Waals surface area contributed by atoms with Crippen molar-refractivity contribution < 1.29 is 19.7 Å². The van der Waals surface area contributed by atoms with Crippen LogP contribution in [0, 0.1) is 0 Å². The van der Waals surface area contributed by atoms with Gasteiger partial charge in [0.05, 0.1) is 0 Å². The van der Waals surface area contributed by atoms with Crippen LogP contribution >= 0.6 is 0 Å². The first-order valence-corrected chi connectivity index (χ1v) is 2.86. The molecule has 56 valence electrons. The molecule has 0 aromatic heterocycles. The minimum Gasteiger partial charge on any atom is -0.331 e. The van der Waals surface area contributed by atoms with Crippen LogP contribution in [0.15, 0.2) is 0 Å². The van der Waals surface area contributed by atoms with E-state index in [9.17, 15) is 9.59 Å². The molecule has 10 heavy (non-hydrogen) atoms. The molecule has 0 aliphatic carbocycles. The highest BCUT2D eigenvalue weighted by atomic mass is 17.1. The second kappa shape index (κ2) is 2.66. The Hall–Kier alpha value is -1.10. The molecule has 1 amide bonds. The van der Waals surface area contributed by atoms with E-state index >= 15 is 0 Å². The van der Waals surface area contributed by atoms with E-state index in [0.717, 1.165) is 0 Å². The molecule has 0 radical (unpaired) electrons. The summed E-state index contributed by atoms with van der Waals surface area (Å²) < 4.78 is 0. The van der Waals surface area contributed by atoms with Gasteiger partial charge in [-0.15, -0.1) is 0 Å². The number of amides is 1. The summed E-state index contributed by atoms with van der Waals surface area (Å²) in [6.07, 6.45) is 0.485. The van der Waals surface area contributed by atoms with Crippen LogP contribution < -0.4 is 0 Å². The SMILES string of the molecule is O=C(CN1CCC1=O)OO. The minimum atomic E-state index is -0.798. The molecule has 0 atom stereocenters. The van der Waals surface area contributed by atoms with E-state index in [0.29, 0.717) is 13.0 Å². The summed E-state index contributed by atoms with van der Waals surface area (Å²) in [5.41, 5.74) is 0. The summed E-state index contributed by atoms with van der Waals surface area (Å²) in [7, 11) is 0. The molecule has 0 aromatic rings. The van der Waals surface area contributed by atoms with Gasteiger partial charge in [-0.25, -0.2) is 4.79 Å². The zero-order chi connectivity index (χ0) is 7.56. The van der Waals surface area contributed by atoms with Gasteiger partial charge in [-0.1, -0.05) is 0 Å². The maximum atomic E-state index is 10.5. The topological polar surface area (TPSA) is 66.8 Å². The second-order valence-corrected chi connectivity index (χ2v) is 2.03. The number of nitrogens with zero attached hydrogens (tertiary/aromatic N) is 1. The Balaban J connectivity index is 2.25. The Morgan fingerprint density at radius 3 is 2.80 bits per heavy atom. The molecule has 1 aliphatic rings. The lowest BCUT2D eigenvalue weighted by molar-refractivity contribution is -0.235. The lowest BCUT2D eigenvalue weighted by atomic mass is 10.2. The highest BCUT2D eigenvalue weighted by Crippen LogP contribution is 2.06. The molecular formula is C5H7NO4. The predicted octanol–water partition coefficient (Wildman–Crippen LogP) is -0.765. The Morgan fingerprint density at radius 1 is 1.80 bits per heavy atom. The average Bonchev–Trinajstić information content (AvgIpc) is 1.96. The van der Waals surface area contributed by atoms with Crippen LogP contribution in [0.25, 0.3) is 0 Å². The number of carbonyl (C=O) groups is 2. The largest absolute Gasteiger partial charge is 0.361 e. The van der Waals surface area contributed by atoms with Gasteiger partial charge < -0.3 is 4.90 Å². The summed E-state index contributed by atoms with van der Waals surface area (Å²) in [5, 5.41) is 7.80. The van der Waals surface area contributed by atoms with Gasteiger partial charge in [0.15, 0.2) is 0 Å². The van der Waals surface area contributed by atoms with Gasteiger partial charge in [0.1, 0.15) is 6.54 Å². The number of β-lactam (4-membered cyclic amide) rings is 1. The standard InChI is InChI=1S/C5H7NO4/c7-4-1-2-6(4)3-5(8)10-9/h9H,1-3H2. The molecule has 1 aliphatic heterocycles. The van der Waals surface area contributed by atoms with Crippen molar-refractivity contribution in [1.82, 2.24) is 4.90 Å². The summed E-state index contributed by atoms with van der Waals surface area (Å²) in [4.78, 5) is 25.5. The number of hydrogen-bond donors (Lipinski definition) is 1. The maximum Gasteiger partial charge on any atom is 0.361 e. The van der Waals surface area contributed by atoms with E-state index in [1.807, 2.05) is 0 Å². The highest BCUT2D eigenvalue weighted by Gasteiger charge is 2.26. The van der Waals surface area contributed by atoms with Gasteiger partial charge in [0.25, 0.3) is 0 Å². The van der Waals surface area contributed by atoms with Crippen molar-refractivity contribution in [2.75, 3.05) is 13.1 Å². The van der Waals surface area contributed by atoms with E-state index in [1.165, 1.54) is 4.90 Å². The van der Waals surface area contributed by atoms with Gasteiger partial charge in [-0.05, 0) is 0 Å². The Morgan fingerprint density at radius 2 is 2.50 bits per heavy atom. The number of hydrogen-bond acceptors (Lipinski definition) is 4. The first-order valence-electron chi connectivity index (χ1n) is 2.86. The van der Waals surface area contributed by atoms with Crippen molar-refractivity contribution in [3.63, 3.8) is 0 Å². The molecule has 1 heterocycles. The molecule has 0 aromatic carbocycles. The normalized spacial score (nSPS) is 16.5. The number of likely N-dealkylation sites (tertiary alicyclic amines) is 1. The molecule has 0 bridgehead atoms. The number of carbonyl (C=O) groups excluding carboxylic acids is 2. The zero-order valence-electron chi connectivity index (χ0n) is 5.24. The van der Waals surface area contributed by atoms with E-state index < -0.39 is 5.97 Å². The number of rotatable bonds is 2. The van der Waals surface area contributed by atoms with Gasteiger partial charge >= 0.3 is 5.97 Å². The van der Waals surface area contributed by atoms with Crippen LogP contribution in [0.4, 0.5) is 0 Å². The molecular weight excluding hydrogens is 138 g/mol. The zero-order valence-corrected chi connectivity index (χ0v) is 5.24. The minimum absolute atomic E-state index is 0.0783. The van der Waals surface area contributed by atoms with Gasteiger partial charge in [-0.3, -0.25) is 9.68 Å². The molecule has 0 unspecified atom stereocenters. The highest BCUT2D eigenvalue weighted by molar-refractivity contribution is 5.85.